The van der Waals surface area contributed by atoms with Crippen LogP contribution in [0, 0.1) is 0 Å². The van der Waals surface area contributed by atoms with Crippen LogP contribution in [0.1, 0.15) is 74.6 Å². The van der Waals surface area contributed by atoms with Crippen LogP contribution in [0.5, 0.6) is 0 Å². The molecule has 1 saturated heterocycles. The Balaban J connectivity index is 1.66. The third-order valence-corrected chi connectivity index (χ3v) is 7.24. The second-order valence-electron chi connectivity index (χ2n) is 10.1. The van der Waals surface area contributed by atoms with Gasteiger partial charge in [-0.2, -0.15) is 5.10 Å². The van der Waals surface area contributed by atoms with Gasteiger partial charge in [0.15, 0.2) is 11.3 Å². The van der Waals surface area contributed by atoms with E-state index in [2.05, 4.69) is 43.0 Å². The fraction of sp³-hybridized carbons (Fsp3) is 0.536. The average molecular weight is 493 g/mol. The SMILES string of the molecule is CCOC(=O)c1cc(-c2ccc(N3CCOCC3)cc2)c2c(C(C)C)nn([C@@H]3CCC[C@@H](O)C3)c2n1. The first-order valence-electron chi connectivity index (χ1n) is 13.2. The molecule has 1 aliphatic heterocycles. The summed E-state index contributed by atoms with van der Waals surface area (Å²) in [7, 11) is 0. The summed E-state index contributed by atoms with van der Waals surface area (Å²) < 4.78 is 12.8. The number of aliphatic hydroxyl groups is 1. The van der Waals surface area contributed by atoms with Gasteiger partial charge in [-0.25, -0.2) is 14.5 Å². The fourth-order valence-corrected chi connectivity index (χ4v) is 5.39. The van der Waals surface area contributed by atoms with Gasteiger partial charge in [-0.3, -0.25) is 0 Å². The molecule has 2 atom stereocenters. The van der Waals surface area contributed by atoms with Gasteiger partial charge in [0, 0.05) is 18.8 Å². The van der Waals surface area contributed by atoms with E-state index in [0.29, 0.717) is 12.1 Å². The Bertz CT molecular complexity index is 1210. The van der Waals surface area contributed by atoms with Crippen molar-refractivity contribution in [2.75, 3.05) is 37.8 Å². The number of ether oxygens (including phenoxy) is 2. The molecule has 0 bridgehead atoms. The number of fused-ring (bicyclic) bond motifs is 1. The predicted octanol–water partition coefficient (Wildman–Crippen LogP) is 4.71. The van der Waals surface area contributed by atoms with E-state index in [0.717, 1.165) is 73.5 Å². The van der Waals surface area contributed by atoms with Crippen LogP contribution >= 0.6 is 0 Å². The number of carbonyl (C=O) groups is 1. The molecule has 3 aromatic rings. The van der Waals surface area contributed by atoms with Crippen LogP contribution in [0.2, 0.25) is 0 Å². The number of anilines is 1. The van der Waals surface area contributed by atoms with Crippen LogP contribution in [0.25, 0.3) is 22.2 Å². The number of hydrogen-bond acceptors (Lipinski definition) is 7. The molecule has 3 heterocycles. The van der Waals surface area contributed by atoms with Crippen molar-refractivity contribution in [2.24, 2.45) is 0 Å². The molecule has 1 saturated carbocycles. The van der Waals surface area contributed by atoms with Crippen molar-refractivity contribution < 1.29 is 19.4 Å². The first-order chi connectivity index (χ1) is 17.5. The summed E-state index contributed by atoms with van der Waals surface area (Å²) in [5.41, 5.74) is 5.03. The first kappa shape index (κ1) is 24.7. The molecule has 192 valence electrons. The lowest BCUT2D eigenvalue weighted by Crippen LogP contribution is -2.36. The fourth-order valence-electron chi connectivity index (χ4n) is 5.39. The summed E-state index contributed by atoms with van der Waals surface area (Å²) in [5, 5.41) is 16.4. The van der Waals surface area contributed by atoms with E-state index in [1.165, 1.54) is 0 Å². The van der Waals surface area contributed by atoms with Gasteiger partial charge < -0.3 is 19.5 Å². The van der Waals surface area contributed by atoms with Crippen molar-refractivity contribution in [3.8, 4) is 11.1 Å². The summed E-state index contributed by atoms with van der Waals surface area (Å²) in [6, 6.07) is 10.4. The maximum atomic E-state index is 12.8. The summed E-state index contributed by atoms with van der Waals surface area (Å²) in [6.45, 7) is 9.58. The number of aliphatic hydroxyl groups excluding tert-OH is 1. The molecule has 1 aliphatic carbocycles. The average Bonchev–Trinajstić information content (AvgIpc) is 3.29. The van der Waals surface area contributed by atoms with Crippen molar-refractivity contribution in [2.45, 2.75) is 64.5 Å². The smallest absolute Gasteiger partial charge is 0.357 e. The lowest BCUT2D eigenvalue weighted by Gasteiger charge is -2.29. The normalized spacial score (nSPS) is 20.8. The number of rotatable bonds is 6. The molecule has 2 fully saturated rings. The maximum Gasteiger partial charge on any atom is 0.357 e. The largest absolute Gasteiger partial charge is 0.461 e. The number of benzene rings is 1. The van der Waals surface area contributed by atoms with Crippen molar-refractivity contribution >= 4 is 22.7 Å². The first-order valence-corrected chi connectivity index (χ1v) is 13.2. The molecular weight excluding hydrogens is 456 g/mol. The maximum absolute atomic E-state index is 12.8. The molecule has 0 spiro atoms. The van der Waals surface area contributed by atoms with Crippen molar-refractivity contribution in [1.29, 1.82) is 0 Å². The number of hydrogen-bond donors (Lipinski definition) is 1. The molecule has 0 amide bonds. The minimum absolute atomic E-state index is 0.0465. The standard InChI is InChI=1S/C28H36N4O4/c1-4-36-28(34)24-17-23(19-8-10-20(11-9-19)31-12-14-35-15-13-31)25-26(18(2)3)30-32(27(25)29-24)21-6-5-7-22(33)16-21/h8-11,17-18,21-22,33H,4-7,12-16H2,1-3H3/t21-,22-/m1/s1. The second-order valence-corrected chi connectivity index (χ2v) is 10.1. The Kier molecular flexibility index (Phi) is 7.25. The van der Waals surface area contributed by atoms with E-state index < -0.39 is 5.97 Å². The highest BCUT2D eigenvalue weighted by Crippen LogP contribution is 2.38. The van der Waals surface area contributed by atoms with Crippen molar-refractivity contribution in [3.63, 3.8) is 0 Å². The van der Waals surface area contributed by atoms with Crippen LogP contribution in [0.3, 0.4) is 0 Å². The zero-order chi connectivity index (χ0) is 25.2. The topological polar surface area (TPSA) is 89.7 Å². The Labute approximate surface area is 212 Å². The number of carbonyl (C=O) groups excluding carboxylic acids is 1. The number of aromatic nitrogens is 3. The van der Waals surface area contributed by atoms with Gasteiger partial charge >= 0.3 is 5.97 Å². The van der Waals surface area contributed by atoms with Crippen LogP contribution in [0.4, 0.5) is 5.69 Å². The molecule has 0 radical (unpaired) electrons. The zero-order valence-electron chi connectivity index (χ0n) is 21.4. The molecule has 2 aliphatic rings. The third kappa shape index (κ3) is 4.84. The summed E-state index contributed by atoms with van der Waals surface area (Å²) in [5.74, 6) is -0.267. The Morgan fingerprint density at radius 1 is 1.19 bits per heavy atom. The van der Waals surface area contributed by atoms with Crippen LogP contribution in [-0.2, 0) is 9.47 Å². The lowest BCUT2D eigenvalue weighted by molar-refractivity contribution is 0.0519. The number of nitrogens with zero attached hydrogens (tertiary/aromatic N) is 4. The highest BCUT2D eigenvalue weighted by Gasteiger charge is 2.29. The number of pyridine rings is 1. The Hall–Kier alpha value is -2.97. The minimum Gasteiger partial charge on any atom is -0.461 e. The van der Waals surface area contributed by atoms with E-state index in [-0.39, 0.29) is 30.4 Å². The minimum atomic E-state index is -0.437. The molecule has 1 aromatic carbocycles. The molecule has 0 unspecified atom stereocenters. The molecule has 8 heteroatoms. The lowest BCUT2D eigenvalue weighted by atomic mass is 9.93. The van der Waals surface area contributed by atoms with Gasteiger partial charge in [-0.1, -0.05) is 26.0 Å². The van der Waals surface area contributed by atoms with Gasteiger partial charge in [0.2, 0.25) is 0 Å². The van der Waals surface area contributed by atoms with Crippen molar-refractivity contribution in [1.82, 2.24) is 14.8 Å². The highest BCUT2D eigenvalue weighted by molar-refractivity contribution is 6.00. The predicted molar refractivity (Wildman–Crippen MR) is 140 cm³/mol. The molecule has 2 aromatic heterocycles. The molecule has 1 N–H and O–H groups in total. The second kappa shape index (κ2) is 10.6. The number of esters is 1. The van der Waals surface area contributed by atoms with E-state index in [1.807, 2.05) is 10.7 Å². The number of morpholine rings is 1. The van der Waals surface area contributed by atoms with Gasteiger partial charge in [0.25, 0.3) is 0 Å². The quantitative estimate of drug-likeness (QED) is 0.499. The molecule has 5 rings (SSSR count). The Morgan fingerprint density at radius 2 is 1.94 bits per heavy atom. The summed E-state index contributed by atoms with van der Waals surface area (Å²) in [6.07, 6.45) is 2.99. The molecule has 8 nitrogen and oxygen atoms in total. The van der Waals surface area contributed by atoms with Crippen molar-refractivity contribution in [3.05, 3.63) is 41.7 Å². The van der Waals surface area contributed by atoms with Gasteiger partial charge in [-0.05, 0) is 67.9 Å². The van der Waals surface area contributed by atoms with Gasteiger partial charge in [0.1, 0.15) is 0 Å². The zero-order valence-corrected chi connectivity index (χ0v) is 21.4. The van der Waals surface area contributed by atoms with Gasteiger partial charge in [-0.15, -0.1) is 0 Å². The van der Waals surface area contributed by atoms with Crippen LogP contribution in [-0.4, -0.2) is 64.9 Å². The van der Waals surface area contributed by atoms with E-state index in [4.69, 9.17) is 19.6 Å². The third-order valence-electron chi connectivity index (χ3n) is 7.24. The summed E-state index contributed by atoms with van der Waals surface area (Å²) in [4.78, 5) is 20.0. The van der Waals surface area contributed by atoms with Crippen LogP contribution < -0.4 is 4.90 Å². The molecule has 36 heavy (non-hydrogen) atoms. The van der Waals surface area contributed by atoms with E-state index in [1.54, 1.807) is 6.92 Å². The Morgan fingerprint density at radius 3 is 2.61 bits per heavy atom. The van der Waals surface area contributed by atoms with Gasteiger partial charge in [0.05, 0.1) is 43.0 Å². The summed E-state index contributed by atoms with van der Waals surface area (Å²) >= 11 is 0. The monoisotopic (exact) mass is 492 g/mol. The van der Waals surface area contributed by atoms with E-state index >= 15 is 0 Å². The molecular formula is C28H36N4O4. The highest BCUT2D eigenvalue weighted by atomic mass is 16.5. The van der Waals surface area contributed by atoms with Crippen LogP contribution in [0.15, 0.2) is 30.3 Å². The van der Waals surface area contributed by atoms with E-state index in [9.17, 15) is 9.90 Å².